The lowest BCUT2D eigenvalue weighted by Crippen LogP contribution is -2.37. The lowest BCUT2D eigenvalue weighted by Gasteiger charge is -2.26. The van der Waals surface area contributed by atoms with Crippen LogP contribution in [0, 0.1) is 11.3 Å². The van der Waals surface area contributed by atoms with E-state index in [2.05, 4.69) is 41.2 Å². The molecule has 0 aliphatic carbocycles. The molecule has 10 nitrogen and oxygen atoms in total. The van der Waals surface area contributed by atoms with Crippen molar-refractivity contribution in [3.8, 4) is 11.4 Å². The highest BCUT2D eigenvalue weighted by Crippen LogP contribution is 2.25. The number of carbonyl (C=O) groups is 3. The van der Waals surface area contributed by atoms with Gasteiger partial charge in [0.2, 0.25) is 23.5 Å². The first-order chi connectivity index (χ1) is 19.1. The SMILES string of the molecule is CCNC(=O)CC(=O)N1CCC(CN(Cc2cccnc2)C(=O)c2cccc(-c3noc(CC(C)(C)C)n3)c2)C1. The smallest absolute Gasteiger partial charge is 0.254 e. The summed E-state index contributed by atoms with van der Waals surface area (Å²) in [6.45, 7) is 10.6. The van der Waals surface area contributed by atoms with Gasteiger partial charge < -0.3 is 19.6 Å². The minimum atomic E-state index is -0.267. The highest BCUT2D eigenvalue weighted by Gasteiger charge is 2.30. The van der Waals surface area contributed by atoms with Crippen LogP contribution in [-0.2, 0) is 22.6 Å². The Bertz CT molecular complexity index is 1320. The zero-order valence-corrected chi connectivity index (χ0v) is 23.7. The summed E-state index contributed by atoms with van der Waals surface area (Å²) in [6.07, 6.45) is 4.72. The predicted molar refractivity (Wildman–Crippen MR) is 150 cm³/mol. The Hall–Kier alpha value is -4.08. The van der Waals surface area contributed by atoms with Crippen LogP contribution < -0.4 is 5.32 Å². The number of hydrogen-bond donors (Lipinski definition) is 1. The van der Waals surface area contributed by atoms with Crippen molar-refractivity contribution in [2.45, 2.75) is 53.5 Å². The topological polar surface area (TPSA) is 122 Å². The van der Waals surface area contributed by atoms with Crippen LogP contribution in [0.25, 0.3) is 11.4 Å². The van der Waals surface area contributed by atoms with Crippen LogP contribution in [0.2, 0.25) is 0 Å². The fraction of sp³-hybridized carbons (Fsp3) is 0.467. The number of pyridine rings is 1. The Morgan fingerprint density at radius 2 is 2.00 bits per heavy atom. The van der Waals surface area contributed by atoms with Crippen molar-refractivity contribution in [3.05, 3.63) is 65.8 Å². The van der Waals surface area contributed by atoms with Crippen molar-refractivity contribution < 1.29 is 18.9 Å². The van der Waals surface area contributed by atoms with Crippen LogP contribution >= 0.6 is 0 Å². The summed E-state index contributed by atoms with van der Waals surface area (Å²) in [6, 6.07) is 11.1. The number of nitrogens with zero attached hydrogens (tertiary/aromatic N) is 5. The van der Waals surface area contributed by atoms with Gasteiger partial charge >= 0.3 is 0 Å². The Morgan fingerprint density at radius 3 is 2.73 bits per heavy atom. The molecule has 1 saturated heterocycles. The molecule has 2 aromatic heterocycles. The lowest BCUT2D eigenvalue weighted by molar-refractivity contribution is -0.135. The zero-order valence-electron chi connectivity index (χ0n) is 23.7. The van der Waals surface area contributed by atoms with Gasteiger partial charge in [0.25, 0.3) is 5.91 Å². The van der Waals surface area contributed by atoms with Gasteiger partial charge in [-0.15, -0.1) is 0 Å². The molecule has 3 heterocycles. The van der Waals surface area contributed by atoms with E-state index in [-0.39, 0.29) is 35.5 Å². The molecular formula is C30H38N6O4. The highest BCUT2D eigenvalue weighted by molar-refractivity contribution is 5.97. The van der Waals surface area contributed by atoms with Crippen LogP contribution in [0.15, 0.2) is 53.3 Å². The number of aromatic nitrogens is 3. The molecule has 0 bridgehead atoms. The maximum absolute atomic E-state index is 13.9. The van der Waals surface area contributed by atoms with Gasteiger partial charge in [0.15, 0.2) is 0 Å². The molecule has 0 spiro atoms. The normalized spacial score (nSPS) is 15.2. The molecule has 1 N–H and O–H groups in total. The molecular weight excluding hydrogens is 508 g/mol. The summed E-state index contributed by atoms with van der Waals surface area (Å²) in [5.74, 6) is 0.527. The number of hydrogen-bond acceptors (Lipinski definition) is 7. The first-order valence-corrected chi connectivity index (χ1v) is 13.8. The van der Waals surface area contributed by atoms with E-state index in [0.717, 1.165) is 12.0 Å². The van der Waals surface area contributed by atoms with E-state index in [0.29, 0.717) is 62.0 Å². The third-order valence-corrected chi connectivity index (χ3v) is 6.70. The highest BCUT2D eigenvalue weighted by atomic mass is 16.5. The summed E-state index contributed by atoms with van der Waals surface area (Å²) in [5, 5.41) is 6.81. The second-order valence-corrected chi connectivity index (χ2v) is 11.5. The molecule has 0 saturated carbocycles. The standard InChI is InChI=1S/C30H38N6O4/c1-5-32-25(37)15-27(38)35-13-11-22(19-35)20-36(18-21-8-7-12-31-17-21)29(39)24-10-6-9-23(14-24)28-33-26(40-34-28)16-30(2,3)4/h6-10,12,14,17,22H,5,11,13,15-16,18-20H2,1-4H3,(H,32,37). The Labute approximate surface area is 235 Å². The van der Waals surface area contributed by atoms with Gasteiger partial charge in [0.05, 0.1) is 0 Å². The molecule has 1 aromatic carbocycles. The van der Waals surface area contributed by atoms with Gasteiger partial charge in [-0.1, -0.05) is 44.1 Å². The monoisotopic (exact) mass is 546 g/mol. The summed E-state index contributed by atoms with van der Waals surface area (Å²) in [4.78, 5) is 50.6. The van der Waals surface area contributed by atoms with E-state index in [1.54, 1.807) is 34.3 Å². The molecule has 3 amide bonds. The molecule has 1 atom stereocenters. The van der Waals surface area contributed by atoms with E-state index in [1.807, 2.05) is 31.2 Å². The summed E-state index contributed by atoms with van der Waals surface area (Å²) >= 11 is 0. The van der Waals surface area contributed by atoms with E-state index in [9.17, 15) is 14.4 Å². The fourth-order valence-electron chi connectivity index (χ4n) is 4.83. The Morgan fingerprint density at radius 1 is 1.18 bits per heavy atom. The number of benzene rings is 1. The van der Waals surface area contributed by atoms with Gasteiger partial charge in [0.1, 0.15) is 6.42 Å². The van der Waals surface area contributed by atoms with Crippen LogP contribution in [0.3, 0.4) is 0 Å². The molecule has 10 heteroatoms. The molecule has 0 radical (unpaired) electrons. The maximum Gasteiger partial charge on any atom is 0.254 e. The zero-order chi connectivity index (χ0) is 28.7. The van der Waals surface area contributed by atoms with Crippen molar-refractivity contribution in [1.29, 1.82) is 0 Å². The van der Waals surface area contributed by atoms with Crippen molar-refractivity contribution >= 4 is 17.7 Å². The fourth-order valence-corrected chi connectivity index (χ4v) is 4.83. The van der Waals surface area contributed by atoms with E-state index < -0.39 is 0 Å². The minimum Gasteiger partial charge on any atom is -0.356 e. The van der Waals surface area contributed by atoms with Gasteiger partial charge in [-0.25, -0.2) is 0 Å². The van der Waals surface area contributed by atoms with Crippen molar-refractivity contribution in [1.82, 2.24) is 30.2 Å². The third kappa shape index (κ3) is 7.97. The summed E-state index contributed by atoms with van der Waals surface area (Å²) in [5.41, 5.74) is 2.15. The molecule has 1 aliphatic heterocycles. The molecule has 212 valence electrons. The summed E-state index contributed by atoms with van der Waals surface area (Å²) in [7, 11) is 0. The van der Waals surface area contributed by atoms with E-state index in [1.165, 1.54) is 0 Å². The maximum atomic E-state index is 13.9. The molecule has 1 aliphatic rings. The van der Waals surface area contributed by atoms with Gasteiger partial charge in [-0.3, -0.25) is 19.4 Å². The lowest BCUT2D eigenvalue weighted by atomic mass is 9.92. The molecule has 4 rings (SSSR count). The number of carbonyl (C=O) groups excluding carboxylic acids is 3. The van der Waals surface area contributed by atoms with Crippen molar-refractivity contribution in [2.75, 3.05) is 26.2 Å². The number of amides is 3. The first-order valence-electron chi connectivity index (χ1n) is 13.8. The first kappa shape index (κ1) is 28.9. The van der Waals surface area contributed by atoms with Crippen molar-refractivity contribution in [2.24, 2.45) is 11.3 Å². The van der Waals surface area contributed by atoms with Gasteiger partial charge in [0, 0.05) is 62.7 Å². The number of rotatable bonds is 10. The molecule has 3 aromatic rings. The summed E-state index contributed by atoms with van der Waals surface area (Å²) < 4.78 is 5.46. The third-order valence-electron chi connectivity index (χ3n) is 6.70. The van der Waals surface area contributed by atoms with Gasteiger partial charge in [-0.2, -0.15) is 4.98 Å². The number of nitrogens with one attached hydrogen (secondary N) is 1. The number of likely N-dealkylation sites (tertiary alicyclic amines) is 1. The average Bonchev–Trinajstić information content (AvgIpc) is 3.58. The molecule has 1 fully saturated rings. The predicted octanol–water partition coefficient (Wildman–Crippen LogP) is 3.74. The van der Waals surface area contributed by atoms with Crippen LogP contribution in [0.4, 0.5) is 0 Å². The Kier molecular flexibility index (Phi) is 9.29. The average molecular weight is 547 g/mol. The molecule has 1 unspecified atom stereocenters. The van der Waals surface area contributed by atoms with E-state index >= 15 is 0 Å². The molecule has 40 heavy (non-hydrogen) atoms. The van der Waals surface area contributed by atoms with E-state index in [4.69, 9.17) is 4.52 Å². The quantitative estimate of drug-likeness (QED) is 0.385. The van der Waals surface area contributed by atoms with Crippen molar-refractivity contribution in [3.63, 3.8) is 0 Å². The second kappa shape index (κ2) is 12.8. The van der Waals surface area contributed by atoms with Crippen LogP contribution in [0.5, 0.6) is 0 Å². The van der Waals surface area contributed by atoms with Gasteiger partial charge in [-0.05, 0) is 48.4 Å². The largest absolute Gasteiger partial charge is 0.356 e. The Balaban J connectivity index is 1.49. The second-order valence-electron chi connectivity index (χ2n) is 11.5. The minimum absolute atomic E-state index is 0.0107. The van der Waals surface area contributed by atoms with Crippen LogP contribution in [-0.4, -0.2) is 68.8 Å². The van der Waals surface area contributed by atoms with Crippen LogP contribution in [0.1, 0.15) is 62.3 Å².